The summed E-state index contributed by atoms with van der Waals surface area (Å²) in [5, 5.41) is 7.67. The van der Waals surface area contributed by atoms with Crippen LogP contribution in [0, 0.1) is 19.7 Å². The van der Waals surface area contributed by atoms with Gasteiger partial charge in [0.15, 0.2) is 0 Å². The molecule has 1 aromatic heterocycles. The van der Waals surface area contributed by atoms with Gasteiger partial charge in [0.2, 0.25) is 11.8 Å². The normalized spacial score (nSPS) is 15.7. The number of methoxy groups -OCH3 is 1. The van der Waals surface area contributed by atoms with Crippen LogP contribution in [0.3, 0.4) is 0 Å². The summed E-state index contributed by atoms with van der Waals surface area (Å²) in [6.45, 7) is 11.1. The molecule has 2 heterocycles. The SMILES string of the molecule is COCCCNC(=O)CN1C(=O)CS[C@@H](c2cccc(F)c2)c2c(C(C)(C)C)nn(-c3ccc(C)cc3C)c21. The van der Waals surface area contributed by atoms with E-state index in [0.717, 1.165) is 33.6 Å². The number of amides is 2. The Kier molecular flexibility index (Phi) is 8.81. The molecule has 39 heavy (non-hydrogen) atoms. The first-order valence-corrected chi connectivity index (χ1v) is 14.2. The maximum absolute atomic E-state index is 14.4. The summed E-state index contributed by atoms with van der Waals surface area (Å²) in [7, 11) is 1.62. The maximum atomic E-state index is 14.4. The zero-order valence-electron chi connectivity index (χ0n) is 23.5. The van der Waals surface area contributed by atoms with Crippen LogP contribution in [0.5, 0.6) is 0 Å². The van der Waals surface area contributed by atoms with Gasteiger partial charge in [-0.1, -0.05) is 50.6 Å². The molecule has 1 atom stereocenters. The zero-order chi connectivity index (χ0) is 28.3. The summed E-state index contributed by atoms with van der Waals surface area (Å²) in [4.78, 5) is 28.3. The van der Waals surface area contributed by atoms with E-state index in [4.69, 9.17) is 9.84 Å². The highest BCUT2D eigenvalue weighted by Gasteiger charge is 2.40. The van der Waals surface area contributed by atoms with E-state index in [1.54, 1.807) is 22.8 Å². The molecular weight excluding hydrogens is 515 g/mol. The fourth-order valence-corrected chi connectivity index (χ4v) is 6.05. The Bertz CT molecular complexity index is 1360. The highest BCUT2D eigenvalue weighted by Crippen LogP contribution is 2.48. The molecule has 208 valence electrons. The highest BCUT2D eigenvalue weighted by atomic mass is 32.2. The van der Waals surface area contributed by atoms with Crippen molar-refractivity contribution in [3.63, 3.8) is 0 Å². The van der Waals surface area contributed by atoms with Crippen LogP contribution in [-0.2, 0) is 19.7 Å². The third-order valence-electron chi connectivity index (χ3n) is 6.68. The number of carbonyl (C=O) groups excluding carboxylic acids is 2. The van der Waals surface area contributed by atoms with E-state index in [1.165, 1.54) is 23.9 Å². The predicted octanol–water partition coefficient (Wildman–Crippen LogP) is 5.25. The van der Waals surface area contributed by atoms with Gasteiger partial charge in [-0.05, 0) is 49.6 Å². The van der Waals surface area contributed by atoms with Gasteiger partial charge in [0.1, 0.15) is 18.2 Å². The van der Waals surface area contributed by atoms with E-state index in [1.807, 2.05) is 32.0 Å². The second-order valence-electron chi connectivity index (χ2n) is 11.0. The quantitative estimate of drug-likeness (QED) is 0.387. The van der Waals surface area contributed by atoms with Crippen molar-refractivity contribution in [2.24, 2.45) is 0 Å². The van der Waals surface area contributed by atoms with E-state index in [-0.39, 0.29) is 40.6 Å². The van der Waals surface area contributed by atoms with Gasteiger partial charge in [-0.15, -0.1) is 11.8 Å². The molecule has 3 aromatic rings. The summed E-state index contributed by atoms with van der Waals surface area (Å²) >= 11 is 1.44. The molecule has 0 unspecified atom stereocenters. The molecule has 0 radical (unpaired) electrons. The monoisotopic (exact) mass is 552 g/mol. The van der Waals surface area contributed by atoms with Gasteiger partial charge in [-0.3, -0.25) is 14.5 Å². The van der Waals surface area contributed by atoms with Crippen LogP contribution in [0.2, 0.25) is 0 Å². The van der Waals surface area contributed by atoms with Crippen molar-refractivity contribution in [2.75, 3.05) is 37.5 Å². The lowest BCUT2D eigenvalue weighted by Gasteiger charge is -2.25. The minimum absolute atomic E-state index is 0.142. The lowest BCUT2D eigenvalue weighted by atomic mass is 9.87. The molecule has 9 heteroatoms. The number of nitrogens with one attached hydrogen (secondary N) is 1. The van der Waals surface area contributed by atoms with Crippen molar-refractivity contribution in [2.45, 2.75) is 51.7 Å². The van der Waals surface area contributed by atoms with Crippen molar-refractivity contribution < 1.29 is 18.7 Å². The summed E-state index contributed by atoms with van der Waals surface area (Å²) in [5.41, 5.74) is 4.94. The van der Waals surface area contributed by atoms with Crippen LogP contribution in [0.4, 0.5) is 10.2 Å². The number of halogens is 1. The van der Waals surface area contributed by atoms with Gasteiger partial charge in [0.05, 0.1) is 22.4 Å². The van der Waals surface area contributed by atoms with Gasteiger partial charge in [0, 0.05) is 31.2 Å². The molecule has 0 spiro atoms. The summed E-state index contributed by atoms with van der Waals surface area (Å²) in [6.07, 6.45) is 0.674. The minimum Gasteiger partial charge on any atom is -0.385 e. The molecule has 0 saturated heterocycles. The Morgan fingerprint density at radius 3 is 2.64 bits per heavy atom. The van der Waals surface area contributed by atoms with Crippen molar-refractivity contribution in [3.05, 3.63) is 76.2 Å². The Balaban J connectivity index is 1.94. The third kappa shape index (κ3) is 6.36. The van der Waals surface area contributed by atoms with Gasteiger partial charge < -0.3 is 10.1 Å². The molecule has 4 rings (SSSR count). The number of carbonyl (C=O) groups is 2. The average molecular weight is 553 g/mol. The summed E-state index contributed by atoms with van der Waals surface area (Å²) < 4.78 is 21.3. The maximum Gasteiger partial charge on any atom is 0.240 e. The fraction of sp³-hybridized carbons (Fsp3) is 0.433. The minimum atomic E-state index is -0.387. The first kappa shape index (κ1) is 28.8. The molecule has 0 fully saturated rings. The molecule has 1 N–H and O–H groups in total. The van der Waals surface area contributed by atoms with Gasteiger partial charge in [-0.2, -0.15) is 5.10 Å². The van der Waals surface area contributed by atoms with Crippen LogP contribution in [0.25, 0.3) is 5.69 Å². The van der Waals surface area contributed by atoms with Crippen LogP contribution in [0.15, 0.2) is 42.5 Å². The number of hydrogen-bond acceptors (Lipinski definition) is 5. The van der Waals surface area contributed by atoms with Crippen molar-refractivity contribution in [1.29, 1.82) is 0 Å². The number of hydrogen-bond donors (Lipinski definition) is 1. The number of aromatic nitrogens is 2. The molecule has 7 nitrogen and oxygen atoms in total. The molecule has 1 aliphatic rings. The van der Waals surface area contributed by atoms with Crippen LogP contribution < -0.4 is 10.2 Å². The summed E-state index contributed by atoms with van der Waals surface area (Å²) in [5.74, 6) is -0.0906. The van der Waals surface area contributed by atoms with E-state index in [0.29, 0.717) is 25.4 Å². The number of ether oxygens (including phenoxy) is 1. The third-order valence-corrected chi connectivity index (χ3v) is 7.94. The number of aryl methyl sites for hydroxylation is 2. The lowest BCUT2D eigenvalue weighted by molar-refractivity contribution is -0.122. The zero-order valence-corrected chi connectivity index (χ0v) is 24.3. The van der Waals surface area contributed by atoms with E-state index >= 15 is 0 Å². The topological polar surface area (TPSA) is 76.5 Å². The summed E-state index contributed by atoms with van der Waals surface area (Å²) in [6, 6.07) is 12.6. The van der Waals surface area contributed by atoms with Crippen LogP contribution >= 0.6 is 11.8 Å². The molecule has 0 aliphatic carbocycles. The number of fused-ring (bicyclic) bond motifs is 1. The van der Waals surface area contributed by atoms with E-state index in [2.05, 4.69) is 32.2 Å². The lowest BCUT2D eigenvalue weighted by Crippen LogP contribution is -2.42. The fourth-order valence-electron chi connectivity index (χ4n) is 4.86. The van der Waals surface area contributed by atoms with Crippen molar-refractivity contribution >= 4 is 29.4 Å². The predicted molar refractivity (Wildman–Crippen MR) is 154 cm³/mol. The number of rotatable bonds is 8. The van der Waals surface area contributed by atoms with Gasteiger partial charge in [-0.25, -0.2) is 9.07 Å². The first-order chi connectivity index (χ1) is 18.5. The number of nitrogens with zero attached hydrogens (tertiary/aromatic N) is 3. The molecule has 2 amide bonds. The van der Waals surface area contributed by atoms with E-state index in [9.17, 15) is 14.0 Å². The van der Waals surface area contributed by atoms with Crippen molar-refractivity contribution in [3.8, 4) is 5.69 Å². The standard InChI is InChI=1S/C30H37FN4O3S/c1-19-11-12-23(20(2)15-19)35-29-26(28(33-35)30(3,4)5)27(21-9-7-10-22(31)16-21)39-18-25(37)34(29)17-24(36)32-13-8-14-38-6/h7,9-12,15-16,27H,8,13-14,17-18H2,1-6H3,(H,32,36)/t27-/m0/s1. The van der Waals surface area contributed by atoms with Crippen LogP contribution in [0.1, 0.15) is 60.4 Å². The second-order valence-corrected chi connectivity index (χ2v) is 12.1. The first-order valence-electron chi connectivity index (χ1n) is 13.2. The number of anilines is 1. The largest absolute Gasteiger partial charge is 0.385 e. The molecular formula is C30H37FN4O3S. The smallest absolute Gasteiger partial charge is 0.240 e. The number of thioether (sulfide) groups is 1. The molecule has 0 saturated carbocycles. The average Bonchev–Trinajstić information content (AvgIpc) is 3.19. The Morgan fingerprint density at radius 2 is 1.97 bits per heavy atom. The van der Waals surface area contributed by atoms with Gasteiger partial charge in [0.25, 0.3) is 0 Å². The molecule has 2 aromatic carbocycles. The second kappa shape index (κ2) is 11.9. The molecule has 1 aliphatic heterocycles. The Hall–Kier alpha value is -3.17. The Labute approximate surface area is 234 Å². The van der Waals surface area contributed by atoms with E-state index < -0.39 is 0 Å². The van der Waals surface area contributed by atoms with Gasteiger partial charge >= 0.3 is 0 Å². The highest BCUT2D eigenvalue weighted by molar-refractivity contribution is 8.00. The van der Waals surface area contributed by atoms with Crippen LogP contribution in [-0.4, -0.2) is 54.2 Å². The number of benzene rings is 2. The molecule has 0 bridgehead atoms. The van der Waals surface area contributed by atoms with Crippen molar-refractivity contribution in [1.82, 2.24) is 15.1 Å². The Morgan fingerprint density at radius 1 is 1.21 bits per heavy atom.